The molecule has 0 aromatic heterocycles. The van der Waals surface area contributed by atoms with Crippen LogP contribution in [0.15, 0.2) is 11.6 Å². The van der Waals surface area contributed by atoms with Crippen LogP contribution in [0, 0.1) is 51.2 Å². The van der Waals surface area contributed by atoms with E-state index in [-0.39, 0.29) is 11.5 Å². The van der Waals surface area contributed by atoms with Crippen LogP contribution in [-0.4, -0.2) is 22.3 Å². The molecule has 5 aliphatic rings. The van der Waals surface area contributed by atoms with E-state index in [0.29, 0.717) is 27.7 Å². The largest absolute Gasteiger partial charge is 0.478 e. The van der Waals surface area contributed by atoms with Gasteiger partial charge in [0.05, 0.1) is 6.10 Å². The molecule has 5 rings (SSSR count). The van der Waals surface area contributed by atoms with E-state index < -0.39 is 5.97 Å². The molecule has 0 heterocycles. The Labute approximate surface area is 195 Å². The van der Waals surface area contributed by atoms with Gasteiger partial charge in [0.15, 0.2) is 0 Å². The second-order valence-electron chi connectivity index (χ2n) is 13.6. The Balaban J connectivity index is 1.32. The Morgan fingerprint density at radius 2 is 1.72 bits per heavy atom. The number of aliphatic hydroxyl groups excluding tert-OH is 1. The first kappa shape index (κ1) is 22.9. The zero-order valence-corrected chi connectivity index (χ0v) is 21.1. The number of rotatable bonds is 5. The molecule has 0 aromatic carbocycles. The zero-order chi connectivity index (χ0) is 23.1. The van der Waals surface area contributed by atoms with Gasteiger partial charge in [0.25, 0.3) is 0 Å². The topological polar surface area (TPSA) is 57.5 Å². The molecule has 9 atom stereocenters. The Bertz CT molecular complexity index is 813. The van der Waals surface area contributed by atoms with Crippen molar-refractivity contribution in [1.82, 2.24) is 0 Å². The van der Waals surface area contributed by atoms with Gasteiger partial charge in [-0.1, -0.05) is 33.8 Å². The number of fused-ring (bicyclic) bond motifs is 2. The van der Waals surface area contributed by atoms with Crippen molar-refractivity contribution < 1.29 is 15.0 Å². The SMILES string of the molecule is C/C(=C/CC[C@@H](C)[C@H]1CC[C@H]2[C@@H]3CC[C@@H]4C(C)(C)[C@H](O)CC[C@@]45C[C@@]35CC[C@]12C)C(=O)O. The molecule has 0 aliphatic heterocycles. The molecular formula is C29H46O3. The zero-order valence-electron chi connectivity index (χ0n) is 21.1. The van der Waals surface area contributed by atoms with E-state index in [1.807, 2.05) is 6.08 Å². The third-order valence-electron chi connectivity index (χ3n) is 12.4. The minimum atomic E-state index is -0.782. The van der Waals surface area contributed by atoms with Crippen LogP contribution in [0.5, 0.6) is 0 Å². The van der Waals surface area contributed by atoms with Gasteiger partial charge in [0.2, 0.25) is 0 Å². The first-order valence-electron chi connectivity index (χ1n) is 13.6. The lowest BCUT2D eigenvalue weighted by Gasteiger charge is -2.59. The van der Waals surface area contributed by atoms with Crippen molar-refractivity contribution in [3.05, 3.63) is 11.6 Å². The smallest absolute Gasteiger partial charge is 0.330 e. The summed E-state index contributed by atoms with van der Waals surface area (Å²) in [5.41, 5.74) is 2.19. The Hall–Kier alpha value is -0.830. The molecule has 0 saturated heterocycles. The van der Waals surface area contributed by atoms with E-state index in [0.717, 1.165) is 42.9 Å². The lowest BCUT2D eigenvalue weighted by Crippen LogP contribution is -2.54. The third-order valence-corrected chi connectivity index (χ3v) is 12.4. The molecule has 3 heteroatoms. The number of carboxylic acids is 1. The monoisotopic (exact) mass is 442 g/mol. The number of carboxylic acid groups (broad SMARTS) is 1. The van der Waals surface area contributed by atoms with Gasteiger partial charge in [-0.05, 0) is 129 Å². The maximum Gasteiger partial charge on any atom is 0.330 e. The number of allylic oxidation sites excluding steroid dienone is 1. The molecule has 32 heavy (non-hydrogen) atoms. The molecule has 2 N–H and O–H groups in total. The normalized spacial score (nSPS) is 49.9. The van der Waals surface area contributed by atoms with E-state index in [1.54, 1.807) is 6.92 Å². The fourth-order valence-corrected chi connectivity index (χ4v) is 10.7. The third kappa shape index (κ3) is 2.91. The van der Waals surface area contributed by atoms with Gasteiger partial charge in [0, 0.05) is 5.57 Å². The van der Waals surface area contributed by atoms with Crippen LogP contribution in [0.4, 0.5) is 0 Å². The first-order valence-corrected chi connectivity index (χ1v) is 13.6. The van der Waals surface area contributed by atoms with E-state index in [2.05, 4.69) is 27.7 Å². The summed E-state index contributed by atoms with van der Waals surface area (Å²) in [6.45, 7) is 11.5. The van der Waals surface area contributed by atoms with E-state index in [9.17, 15) is 9.90 Å². The van der Waals surface area contributed by atoms with Crippen LogP contribution in [-0.2, 0) is 4.79 Å². The predicted molar refractivity (Wildman–Crippen MR) is 128 cm³/mol. The molecule has 5 saturated carbocycles. The summed E-state index contributed by atoms with van der Waals surface area (Å²) in [7, 11) is 0. The summed E-state index contributed by atoms with van der Waals surface area (Å²) in [4.78, 5) is 11.1. The van der Waals surface area contributed by atoms with Crippen LogP contribution < -0.4 is 0 Å². The van der Waals surface area contributed by atoms with Crippen molar-refractivity contribution >= 4 is 5.97 Å². The van der Waals surface area contributed by atoms with E-state index >= 15 is 0 Å². The van der Waals surface area contributed by atoms with Gasteiger partial charge in [-0.2, -0.15) is 0 Å². The van der Waals surface area contributed by atoms with Crippen molar-refractivity contribution in [2.45, 2.75) is 111 Å². The molecule has 0 aromatic rings. The van der Waals surface area contributed by atoms with Crippen LogP contribution in [0.1, 0.15) is 105 Å². The molecule has 2 spiro atoms. The molecule has 5 aliphatic carbocycles. The van der Waals surface area contributed by atoms with Gasteiger partial charge in [-0.15, -0.1) is 0 Å². The van der Waals surface area contributed by atoms with Crippen molar-refractivity contribution in [2.24, 2.45) is 51.2 Å². The van der Waals surface area contributed by atoms with Gasteiger partial charge < -0.3 is 10.2 Å². The summed E-state index contributed by atoms with van der Waals surface area (Å²) in [5.74, 6) is 3.20. The minimum absolute atomic E-state index is 0.0851. The highest BCUT2D eigenvalue weighted by atomic mass is 16.4. The van der Waals surface area contributed by atoms with Gasteiger partial charge in [-0.25, -0.2) is 4.79 Å². The second kappa shape index (κ2) is 7.33. The number of hydrogen-bond acceptors (Lipinski definition) is 2. The summed E-state index contributed by atoms with van der Waals surface area (Å²) >= 11 is 0. The lowest BCUT2D eigenvalue weighted by molar-refractivity contribution is -0.133. The summed E-state index contributed by atoms with van der Waals surface area (Å²) in [5, 5.41) is 19.9. The van der Waals surface area contributed by atoms with Gasteiger partial charge >= 0.3 is 5.97 Å². The standard InChI is InChI=1S/C29H46O3/c1-18(7-6-8-19(2)25(31)32)20-9-10-21-22-11-12-23-26(3,4)24(30)13-14-29(23)17-28(22,29)16-15-27(20,21)5/h8,18,20-24,30H,6-7,9-17H2,1-5H3,(H,31,32)/b19-8-/t18-,20-,21+,22+,23-,24-,27-,28+,29-/m1/s1. The predicted octanol–water partition coefficient (Wildman–Crippen LogP) is 6.84. The van der Waals surface area contributed by atoms with Gasteiger partial charge in [0.1, 0.15) is 0 Å². The molecule has 0 bridgehead atoms. The number of aliphatic carboxylic acids is 1. The van der Waals surface area contributed by atoms with Crippen LogP contribution in [0.3, 0.4) is 0 Å². The van der Waals surface area contributed by atoms with E-state index in [1.165, 1.54) is 51.4 Å². The van der Waals surface area contributed by atoms with Crippen LogP contribution in [0.2, 0.25) is 0 Å². The number of carbonyl (C=O) groups is 1. The highest BCUT2D eigenvalue weighted by Gasteiger charge is 2.80. The first-order chi connectivity index (χ1) is 15.0. The maximum atomic E-state index is 11.1. The fraction of sp³-hybridized carbons (Fsp3) is 0.897. The molecular weight excluding hydrogens is 396 g/mol. The Kier molecular flexibility index (Phi) is 5.26. The molecule has 5 fully saturated rings. The van der Waals surface area contributed by atoms with E-state index in [4.69, 9.17) is 5.11 Å². The molecule has 0 unspecified atom stereocenters. The summed E-state index contributed by atoms with van der Waals surface area (Å²) in [6, 6.07) is 0. The fourth-order valence-electron chi connectivity index (χ4n) is 10.7. The van der Waals surface area contributed by atoms with Gasteiger partial charge in [-0.3, -0.25) is 0 Å². The summed E-state index contributed by atoms with van der Waals surface area (Å²) < 4.78 is 0. The number of hydrogen-bond donors (Lipinski definition) is 2. The molecule has 3 nitrogen and oxygen atoms in total. The minimum Gasteiger partial charge on any atom is -0.478 e. The second-order valence-corrected chi connectivity index (χ2v) is 13.6. The molecule has 0 amide bonds. The Morgan fingerprint density at radius 1 is 1.00 bits per heavy atom. The quantitative estimate of drug-likeness (QED) is 0.458. The van der Waals surface area contributed by atoms with Crippen LogP contribution in [0.25, 0.3) is 0 Å². The van der Waals surface area contributed by atoms with Crippen molar-refractivity contribution in [3.8, 4) is 0 Å². The average molecular weight is 443 g/mol. The van der Waals surface area contributed by atoms with Crippen molar-refractivity contribution in [2.75, 3.05) is 0 Å². The lowest BCUT2D eigenvalue weighted by atomic mass is 9.46. The number of aliphatic hydroxyl groups is 1. The van der Waals surface area contributed by atoms with Crippen LogP contribution >= 0.6 is 0 Å². The highest BCUT2D eigenvalue weighted by molar-refractivity contribution is 5.85. The molecule has 180 valence electrons. The average Bonchev–Trinajstić information content (AvgIpc) is 3.27. The van der Waals surface area contributed by atoms with Crippen molar-refractivity contribution in [1.29, 1.82) is 0 Å². The highest BCUT2D eigenvalue weighted by Crippen LogP contribution is 2.87. The Morgan fingerprint density at radius 3 is 2.44 bits per heavy atom. The maximum absolute atomic E-state index is 11.1. The summed E-state index contributed by atoms with van der Waals surface area (Å²) in [6.07, 6.45) is 15.9. The van der Waals surface area contributed by atoms with Crippen molar-refractivity contribution in [3.63, 3.8) is 0 Å². The molecule has 0 radical (unpaired) electrons.